The van der Waals surface area contributed by atoms with Crippen LogP contribution in [-0.4, -0.2) is 44.9 Å². The largest absolute Gasteiger partial charge is 0.334 e. The van der Waals surface area contributed by atoms with Crippen molar-refractivity contribution in [2.24, 2.45) is 5.73 Å². The summed E-state index contributed by atoms with van der Waals surface area (Å²) in [4.78, 5) is 14.7. The zero-order valence-corrected chi connectivity index (χ0v) is 17.5. The summed E-state index contributed by atoms with van der Waals surface area (Å²) in [7, 11) is -3.76. The standard InChI is InChI=1S/C20H25N3O3S.ClH/c1-2-23(17-9-4-3-5-10-17)27(25,26)19-12-6-8-16(14-19)20(24)22-13-7-11-18(22)15-21;/h3-6,8-10,12,14,18H,2,7,11,13,15,21H2,1H3;1H. The second-order valence-corrected chi connectivity index (χ2v) is 8.43. The molecule has 0 radical (unpaired) electrons. The minimum Gasteiger partial charge on any atom is -0.334 e. The van der Waals surface area contributed by atoms with E-state index in [4.69, 9.17) is 5.73 Å². The summed E-state index contributed by atoms with van der Waals surface area (Å²) >= 11 is 0. The maximum absolute atomic E-state index is 13.2. The molecule has 0 spiro atoms. The predicted octanol–water partition coefficient (Wildman–Crippen LogP) is 2.89. The number of hydrogen-bond acceptors (Lipinski definition) is 4. The third kappa shape index (κ3) is 4.32. The van der Waals surface area contributed by atoms with Gasteiger partial charge < -0.3 is 10.6 Å². The Balaban J connectivity index is 0.00000280. The van der Waals surface area contributed by atoms with Gasteiger partial charge in [0.25, 0.3) is 15.9 Å². The lowest BCUT2D eigenvalue weighted by atomic mass is 10.1. The van der Waals surface area contributed by atoms with E-state index < -0.39 is 10.0 Å². The Kier molecular flexibility index (Phi) is 7.46. The molecule has 2 aromatic rings. The summed E-state index contributed by atoms with van der Waals surface area (Å²) in [6.45, 7) is 3.16. The first-order valence-corrected chi connectivity index (χ1v) is 10.6. The van der Waals surface area contributed by atoms with Crippen LogP contribution < -0.4 is 10.0 Å². The molecule has 1 aliphatic heterocycles. The van der Waals surface area contributed by atoms with Gasteiger partial charge in [0.05, 0.1) is 10.6 Å². The molecule has 1 fully saturated rings. The van der Waals surface area contributed by atoms with Crippen molar-refractivity contribution >= 4 is 34.0 Å². The number of likely N-dealkylation sites (tertiary alicyclic amines) is 1. The van der Waals surface area contributed by atoms with E-state index in [9.17, 15) is 13.2 Å². The topological polar surface area (TPSA) is 83.7 Å². The molecule has 152 valence electrons. The molecule has 1 heterocycles. The van der Waals surface area contributed by atoms with Crippen molar-refractivity contribution in [3.63, 3.8) is 0 Å². The van der Waals surface area contributed by atoms with Gasteiger partial charge in [-0.2, -0.15) is 0 Å². The number of amides is 1. The van der Waals surface area contributed by atoms with E-state index >= 15 is 0 Å². The molecule has 3 rings (SSSR count). The third-order valence-electron chi connectivity index (χ3n) is 4.91. The molecule has 28 heavy (non-hydrogen) atoms. The Labute approximate surface area is 172 Å². The van der Waals surface area contributed by atoms with Crippen LogP contribution in [0.2, 0.25) is 0 Å². The minimum atomic E-state index is -3.76. The van der Waals surface area contributed by atoms with Crippen LogP contribution in [0, 0.1) is 0 Å². The number of nitrogens with two attached hydrogens (primary N) is 1. The maximum atomic E-state index is 13.2. The SMILES string of the molecule is CCN(c1ccccc1)S(=O)(=O)c1cccc(C(=O)N2CCCC2CN)c1.Cl. The van der Waals surface area contributed by atoms with Crippen LogP contribution in [0.25, 0.3) is 0 Å². The number of rotatable bonds is 6. The van der Waals surface area contributed by atoms with Crippen LogP contribution in [0.3, 0.4) is 0 Å². The molecule has 0 saturated carbocycles. The molecule has 2 N–H and O–H groups in total. The zero-order valence-electron chi connectivity index (χ0n) is 15.8. The van der Waals surface area contributed by atoms with E-state index in [0.717, 1.165) is 12.8 Å². The van der Waals surface area contributed by atoms with Crippen molar-refractivity contribution in [3.05, 3.63) is 60.2 Å². The number of anilines is 1. The lowest BCUT2D eigenvalue weighted by molar-refractivity contribution is 0.0741. The van der Waals surface area contributed by atoms with Crippen molar-refractivity contribution in [2.75, 3.05) is 23.9 Å². The highest BCUT2D eigenvalue weighted by Crippen LogP contribution is 2.25. The summed E-state index contributed by atoms with van der Waals surface area (Å²) in [5.74, 6) is -0.164. The molecular weight excluding hydrogens is 398 g/mol. The highest BCUT2D eigenvalue weighted by atomic mass is 35.5. The molecule has 1 unspecified atom stereocenters. The molecule has 0 aliphatic carbocycles. The van der Waals surface area contributed by atoms with Crippen LogP contribution in [0.4, 0.5) is 5.69 Å². The summed E-state index contributed by atoms with van der Waals surface area (Å²) in [5, 5.41) is 0. The number of carbonyl (C=O) groups is 1. The first-order valence-electron chi connectivity index (χ1n) is 9.18. The second-order valence-electron chi connectivity index (χ2n) is 6.56. The normalized spacial score (nSPS) is 16.5. The molecule has 2 aromatic carbocycles. The summed E-state index contributed by atoms with van der Waals surface area (Å²) in [6, 6.07) is 15.2. The Morgan fingerprint density at radius 1 is 1.18 bits per heavy atom. The Hall–Kier alpha value is -2.09. The molecular formula is C20H26ClN3O3S. The summed E-state index contributed by atoms with van der Waals surface area (Å²) in [6.07, 6.45) is 1.81. The minimum absolute atomic E-state index is 0. The van der Waals surface area contributed by atoms with E-state index in [-0.39, 0.29) is 29.3 Å². The van der Waals surface area contributed by atoms with Crippen molar-refractivity contribution in [1.29, 1.82) is 0 Å². The van der Waals surface area contributed by atoms with Gasteiger partial charge in [0, 0.05) is 31.2 Å². The van der Waals surface area contributed by atoms with Crippen molar-refractivity contribution in [1.82, 2.24) is 4.90 Å². The maximum Gasteiger partial charge on any atom is 0.264 e. The zero-order chi connectivity index (χ0) is 19.4. The quantitative estimate of drug-likeness (QED) is 0.774. The fourth-order valence-electron chi connectivity index (χ4n) is 3.52. The van der Waals surface area contributed by atoms with Crippen LogP contribution in [0.15, 0.2) is 59.5 Å². The van der Waals surface area contributed by atoms with Gasteiger partial charge in [0.15, 0.2) is 0 Å². The first-order chi connectivity index (χ1) is 13.0. The smallest absolute Gasteiger partial charge is 0.264 e. The lowest BCUT2D eigenvalue weighted by Gasteiger charge is -2.25. The van der Waals surface area contributed by atoms with Gasteiger partial charge in [0.2, 0.25) is 0 Å². The van der Waals surface area contributed by atoms with Crippen molar-refractivity contribution in [2.45, 2.75) is 30.7 Å². The predicted molar refractivity (Wildman–Crippen MR) is 113 cm³/mol. The molecule has 0 bridgehead atoms. The molecule has 0 aromatic heterocycles. The molecule has 6 nitrogen and oxygen atoms in total. The molecule has 1 amide bonds. The molecule has 1 aliphatic rings. The molecule has 1 saturated heterocycles. The number of hydrogen-bond donors (Lipinski definition) is 1. The van der Waals surface area contributed by atoms with Crippen LogP contribution in [0.1, 0.15) is 30.1 Å². The van der Waals surface area contributed by atoms with E-state index in [1.165, 1.54) is 16.4 Å². The van der Waals surface area contributed by atoms with E-state index in [1.54, 1.807) is 48.2 Å². The van der Waals surface area contributed by atoms with Crippen LogP contribution in [-0.2, 0) is 10.0 Å². The van der Waals surface area contributed by atoms with Gasteiger partial charge in [-0.3, -0.25) is 9.10 Å². The highest BCUT2D eigenvalue weighted by molar-refractivity contribution is 7.92. The summed E-state index contributed by atoms with van der Waals surface area (Å²) < 4.78 is 27.7. The number of benzene rings is 2. The van der Waals surface area contributed by atoms with Crippen LogP contribution in [0.5, 0.6) is 0 Å². The Morgan fingerprint density at radius 2 is 1.89 bits per heavy atom. The molecule has 8 heteroatoms. The van der Waals surface area contributed by atoms with Gasteiger partial charge in [-0.05, 0) is 50.1 Å². The van der Waals surface area contributed by atoms with E-state index in [0.29, 0.717) is 30.9 Å². The lowest BCUT2D eigenvalue weighted by Crippen LogP contribution is -2.40. The van der Waals surface area contributed by atoms with Gasteiger partial charge in [-0.1, -0.05) is 24.3 Å². The Bertz CT molecular complexity index is 906. The fourth-order valence-corrected chi connectivity index (χ4v) is 5.04. The number of carbonyl (C=O) groups excluding carboxylic acids is 1. The van der Waals surface area contributed by atoms with Crippen molar-refractivity contribution < 1.29 is 13.2 Å². The van der Waals surface area contributed by atoms with Crippen LogP contribution >= 0.6 is 12.4 Å². The number of halogens is 1. The number of nitrogens with zero attached hydrogens (tertiary/aromatic N) is 2. The second kappa shape index (κ2) is 9.41. The van der Waals surface area contributed by atoms with Gasteiger partial charge in [-0.15, -0.1) is 12.4 Å². The third-order valence-corrected chi connectivity index (χ3v) is 6.81. The number of para-hydroxylation sites is 1. The number of sulfonamides is 1. The van der Waals surface area contributed by atoms with Gasteiger partial charge in [-0.25, -0.2) is 8.42 Å². The average Bonchev–Trinajstić information content (AvgIpc) is 3.17. The Morgan fingerprint density at radius 3 is 2.54 bits per heavy atom. The highest BCUT2D eigenvalue weighted by Gasteiger charge is 2.30. The molecule has 1 atom stereocenters. The van der Waals surface area contributed by atoms with E-state index in [2.05, 4.69) is 0 Å². The van der Waals surface area contributed by atoms with E-state index in [1.807, 2.05) is 6.07 Å². The van der Waals surface area contributed by atoms with Gasteiger partial charge in [0.1, 0.15) is 0 Å². The summed E-state index contributed by atoms with van der Waals surface area (Å²) in [5.41, 5.74) is 6.74. The van der Waals surface area contributed by atoms with Crippen molar-refractivity contribution in [3.8, 4) is 0 Å². The monoisotopic (exact) mass is 423 g/mol. The van der Waals surface area contributed by atoms with Gasteiger partial charge >= 0.3 is 0 Å². The average molecular weight is 424 g/mol. The fraction of sp³-hybridized carbons (Fsp3) is 0.350. The first kappa shape index (κ1) is 22.2.